The van der Waals surface area contributed by atoms with E-state index in [0.717, 1.165) is 10.1 Å². The third-order valence-corrected chi connectivity index (χ3v) is 2.94. The fourth-order valence-corrected chi connectivity index (χ4v) is 1.84. The maximum Gasteiger partial charge on any atom is 0.255 e. The third kappa shape index (κ3) is 5.19. The summed E-state index contributed by atoms with van der Waals surface area (Å²) in [6.45, 7) is 2.57. The van der Waals surface area contributed by atoms with Gasteiger partial charge in [0.05, 0.1) is 12.2 Å². The molecule has 100 valence electrons. The normalized spacial score (nSPS) is 10.3. The van der Waals surface area contributed by atoms with Crippen LogP contribution in [-0.2, 0) is 4.74 Å². The maximum atomic E-state index is 11.8. The smallest absolute Gasteiger partial charge is 0.255 e. The number of ether oxygens (including phenoxy) is 1. The maximum absolute atomic E-state index is 11.8. The number of methoxy groups -OCH3 is 1. The van der Waals surface area contributed by atoms with Crippen LogP contribution in [0.2, 0.25) is 0 Å². The molecule has 18 heavy (non-hydrogen) atoms. The number of phenols is 1. The lowest BCUT2D eigenvalue weighted by atomic mass is 10.2. The first-order valence-corrected chi connectivity index (χ1v) is 6.69. The molecule has 0 saturated heterocycles. The minimum Gasteiger partial charge on any atom is -0.507 e. The number of amides is 1. The summed E-state index contributed by atoms with van der Waals surface area (Å²) in [4.78, 5) is 11.8. The standard InChI is InChI=1S/C12H17IN2O3/c1-18-7-6-14-4-5-15-12(17)10-8-9(13)2-3-11(10)16/h2-3,8,14,16H,4-7H2,1H3,(H,15,17). The molecule has 0 atom stereocenters. The van der Waals surface area contributed by atoms with Crippen molar-refractivity contribution in [1.29, 1.82) is 0 Å². The summed E-state index contributed by atoms with van der Waals surface area (Å²) in [7, 11) is 1.64. The Morgan fingerprint density at radius 3 is 2.89 bits per heavy atom. The lowest BCUT2D eigenvalue weighted by Gasteiger charge is -2.08. The van der Waals surface area contributed by atoms with Crippen molar-refractivity contribution >= 4 is 28.5 Å². The largest absolute Gasteiger partial charge is 0.507 e. The quantitative estimate of drug-likeness (QED) is 0.498. The first-order chi connectivity index (χ1) is 8.65. The number of benzene rings is 1. The highest BCUT2D eigenvalue weighted by Gasteiger charge is 2.10. The Bertz CT molecular complexity index is 399. The predicted octanol–water partition coefficient (Wildman–Crippen LogP) is 0.963. The Kier molecular flexibility index (Phi) is 6.99. The molecule has 1 amide bonds. The Hall–Kier alpha value is -0.860. The molecule has 0 aliphatic carbocycles. The van der Waals surface area contributed by atoms with Gasteiger partial charge >= 0.3 is 0 Å². The molecule has 3 N–H and O–H groups in total. The topological polar surface area (TPSA) is 70.6 Å². The van der Waals surface area contributed by atoms with Crippen molar-refractivity contribution in [2.24, 2.45) is 0 Å². The Morgan fingerprint density at radius 1 is 1.39 bits per heavy atom. The number of halogens is 1. The summed E-state index contributed by atoms with van der Waals surface area (Å²) >= 11 is 2.10. The van der Waals surface area contributed by atoms with E-state index < -0.39 is 0 Å². The van der Waals surface area contributed by atoms with Crippen LogP contribution in [0.1, 0.15) is 10.4 Å². The van der Waals surface area contributed by atoms with Crippen LogP contribution >= 0.6 is 22.6 Å². The molecule has 1 aromatic rings. The van der Waals surface area contributed by atoms with Crippen molar-refractivity contribution < 1.29 is 14.6 Å². The second-order valence-corrected chi connectivity index (χ2v) is 4.91. The van der Waals surface area contributed by atoms with Gasteiger partial charge in [0.2, 0.25) is 0 Å². The molecule has 0 aliphatic rings. The molecule has 0 unspecified atom stereocenters. The van der Waals surface area contributed by atoms with E-state index in [1.54, 1.807) is 19.2 Å². The number of nitrogens with one attached hydrogen (secondary N) is 2. The second kappa shape index (κ2) is 8.28. The van der Waals surface area contributed by atoms with Gasteiger partial charge in [0, 0.05) is 30.3 Å². The number of rotatable bonds is 7. The SMILES string of the molecule is COCCNCCNC(=O)c1cc(I)ccc1O. The van der Waals surface area contributed by atoms with E-state index in [1.807, 2.05) is 0 Å². The van der Waals surface area contributed by atoms with Gasteiger partial charge in [-0.15, -0.1) is 0 Å². The minimum absolute atomic E-state index is 0.000239. The monoisotopic (exact) mass is 364 g/mol. The molecular formula is C12H17IN2O3. The first kappa shape index (κ1) is 15.2. The van der Waals surface area contributed by atoms with E-state index in [9.17, 15) is 9.90 Å². The van der Waals surface area contributed by atoms with E-state index in [0.29, 0.717) is 25.3 Å². The van der Waals surface area contributed by atoms with Gasteiger partial charge in [-0.3, -0.25) is 4.79 Å². The average molecular weight is 364 g/mol. The van der Waals surface area contributed by atoms with Gasteiger partial charge < -0.3 is 20.5 Å². The van der Waals surface area contributed by atoms with Crippen molar-refractivity contribution in [2.45, 2.75) is 0 Å². The van der Waals surface area contributed by atoms with Gasteiger partial charge in [-0.25, -0.2) is 0 Å². The molecule has 1 aromatic carbocycles. The predicted molar refractivity (Wildman–Crippen MR) is 77.9 cm³/mol. The summed E-state index contributed by atoms with van der Waals surface area (Å²) < 4.78 is 5.79. The molecule has 0 fully saturated rings. The lowest BCUT2D eigenvalue weighted by Crippen LogP contribution is -2.33. The fourth-order valence-electron chi connectivity index (χ4n) is 1.35. The number of hydrogen-bond acceptors (Lipinski definition) is 4. The molecule has 0 aromatic heterocycles. The molecule has 0 bridgehead atoms. The number of hydrogen-bond donors (Lipinski definition) is 3. The van der Waals surface area contributed by atoms with Gasteiger partial charge in [-0.1, -0.05) is 0 Å². The number of aromatic hydroxyl groups is 1. The highest BCUT2D eigenvalue weighted by molar-refractivity contribution is 14.1. The molecule has 0 saturated carbocycles. The van der Waals surface area contributed by atoms with Crippen molar-refractivity contribution in [1.82, 2.24) is 10.6 Å². The van der Waals surface area contributed by atoms with Crippen molar-refractivity contribution in [3.05, 3.63) is 27.3 Å². The minimum atomic E-state index is -0.264. The van der Waals surface area contributed by atoms with Crippen molar-refractivity contribution in [3.8, 4) is 5.75 Å². The second-order valence-electron chi connectivity index (χ2n) is 3.66. The van der Waals surface area contributed by atoms with E-state index in [2.05, 4.69) is 33.2 Å². The van der Waals surface area contributed by atoms with Crippen LogP contribution in [0.3, 0.4) is 0 Å². The summed E-state index contributed by atoms with van der Waals surface area (Å²) in [6.07, 6.45) is 0. The molecule has 1 rings (SSSR count). The van der Waals surface area contributed by atoms with Crippen LogP contribution in [0.5, 0.6) is 5.75 Å². The zero-order valence-electron chi connectivity index (χ0n) is 10.2. The van der Waals surface area contributed by atoms with Crippen molar-refractivity contribution in [3.63, 3.8) is 0 Å². The van der Waals surface area contributed by atoms with Gasteiger partial charge in [-0.05, 0) is 40.8 Å². The third-order valence-electron chi connectivity index (χ3n) is 2.27. The molecular weight excluding hydrogens is 347 g/mol. The van der Waals surface area contributed by atoms with E-state index in [1.165, 1.54) is 6.07 Å². The summed E-state index contributed by atoms with van der Waals surface area (Å²) in [5.41, 5.74) is 0.304. The summed E-state index contributed by atoms with van der Waals surface area (Å²) in [5.74, 6) is -0.264. The summed E-state index contributed by atoms with van der Waals surface area (Å²) in [6, 6.07) is 4.93. The van der Waals surface area contributed by atoms with Gasteiger partial charge in [0.15, 0.2) is 0 Å². The number of phenolic OH excluding ortho intramolecular Hbond substituents is 1. The lowest BCUT2D eigenvalue weighted by molar-refractivity contribution is 0.0951. The zero-order valence-corrected chi connectivity index (χ0v) is 12.4. The average Bonchev–Trinajstić information content (AvgIpc) is 2.36. The molecule has 0 radical (unpaired) electrons. The van der Waals surface area contributed by atoms with Crippen LogP contribution in [0.4, 0.5) is 0 Å². The Labute approximate surface area is 120 Å². The van der Waals surface area contributed by atoms with Crippen LogP contribution in [0.15, 0.2) is 18.2 Å². The molecule has 5 nitrogen and oxygen atoms in total. The van der Waals surface area contributed by atoms with Gasteiger partial charge in [0.25, 0.3) is 5.91 Å². The van der Waals surface area contributed by atoms with E-state index in [4.69, 9.17) is 4.74 Å². The Morgan fingerprint density at radius 2 is 2.17 bits per heavy atom. The molecule has 0 heterocycles. The highest BCUT2D eigenvalue weighted by atomic mass is 127. The van der Waals surface area contributed by atoms with E-state index >= 15 is 0 Å². The molecule has 0 spiro atoms. The first-order valence-electron chi connectivity index (χ1n) is 5.61. The van der Waals surface area contributed by atoms with Gasteiger partial charge in [-0.2, -0.15) is 0 Å². The number of carbonyl (C=O) groups excluding carboxylic acids is 1. The zero-order chi connectivity index (χ0) is 13.4. The molecule has 0 aliphatic heterocycles. The van der Waals surface area contributed by atoms with Crippen LogP contribution in [0.25, 0.3) is 0 Å². The fraction of sp³-hybridized carbons (Fsp3) is 0.417. The Balaban J connectivity index is 2.34. The highest BCUT2D eigenvalue weighted by Crippen LogP contribution is 2.19. The molecule has 6 heteroatoms. The summed E-state index contributed by atoms with van der Waals surface area (Å²) in [5, 5.41) is 15.4. The van der Waals surface area contributed by atoms with Gasteiger partial charge in [0.1, 0.15) is 5.75 Å². The number of carbonyl (C=O) groups is 1. The van der Waals surface area contributed by atoms with Crippen LogP contribution in [-0.4, -0.2) is 44.4 Å². The van der Waals surface area contributed by atoms with E-state index in [-0.39, 0.29) is 11.7 Å². The van der Waals surface area contributed by atoms with Crippen molar-refractivity contribution in [2.75, 3.05) is 33.4 Å². The van der Waals surface area contributed by atoms with Crippen LogP contribution < -0.4 is 10.6 Å². The van der Waals surface area contributed by atoms with Crippen LogP contribution in [0, 0.1) is 3.57 Å².